The van der Waals surface area contributed by atoms with Crippen LogP contribution in [0, 0.1) is 0 Å². The Bertz CT molecular complexity index is 642. The van der Waals surface area contributed by atoms with Gasteiger partial charge in [0, 0.05) is 18.7 Å². The van der Waals surface area contributed by atoms with Crippen LogP contribution in [-0.4, -0.2) is 41.8 Å². The normalized spacial score (nSPS) is 16.0. The molecule has 4 N–H and O–H groups in total. The summed E-state index contributed by atoms with van der Waals surface area (Å²) >= 11 is 6.53. The topological polar surface area (TPSA) is 98.7 Å². The highest BCUT2D eigenvalue weighted by Crippen LogP contribution is 2.36. The van der Waals surface area contributed by atoms with Gasteiger partial charge in [-0.3, -0.25) is 0 Å². The van der Waals surface area contributed by atoms with Crippen LogP contribution in [0.15, 0.2) is 18.2 Å². The van der Waals surface area contributed by atoms with Crippen LogP contribution in [0.5, 0.6) is 0 Å². The van der Waals surface area contributed by atoms with Crippen molar-refractivity contribution in [2.24, 2.45) is 0 Å². The Hall–Kier alpha value is -2.05. The van der Waals surface area contributed by atoms with Crippen LogP contribution < -0.4 is 10.6 Å². The van der Waals surface area contributed by atoms with E-state index in [2.05, 4.69) is 16.7 Å². The van der Waals surface area contributed by atoms with E-state index in [4.69, 9.17) is 21.8 Å². The van der Waals surface area contributed by atoms with E-state index in [9.17, 15) is 9.59 Å². The summed E-state index contributed by atoms with van der Waals surface area (Å²) in [4.78, 5) is 19.1. The molecule has 0 spiro atoms. The van der Waals surface area contributed by atoms with Crippen LogP contribution in [0.1, 0.15) is 23.1 Å². The second-order valence-corrected chi connectivity index (χ2v) is 6.03. The SMILES string of the molecule is Clc1c2c(cc3c1NCCC3)CCNCC2.O=C(O)/C=C/C(=O)O. The van der Waals surface area contributed by atoms with Crippen molar-refractivity contribution in [1.82, 2.24) is 5.32 Å². The van der Waals surface area contributed by atoms with Gasteiger partial charge in [0.1, 0.15) is 0 Å². The van der Waals surface area contributed by atoms with Crippen LogP contribution in [0.25, 0.3) is 0 Å². The molecule has 0 saturated heterocycles. The van der Waals surface area contributed by atoms with Gasteiger partial charge in [-0.25, -0.2) is 9.59 Å². The molecule has 0 bridgehead atoms. The number of aliphatic carboxylic acids is 2. The molecular weight excluding hydrogens is 332 g/mol. The molecule has 7 heteroatoms. The number of carboxylic acid groups (broad SMARTS) is 2. The molecule has 130 valence electrons. The zero-order chi connectivity index (χ0) is 17.5. The molecule has 3 rings (SSSR count). The quantitative estimate of drug-likeness (QED) is 0.608. The zero-order valence-corrected chi connectivity index (χ0v) is 14.0. The molecule has 0 radical (unpaired) electrons. The summed E-state index contributed by atoms with van der Waals surface area (Å²) in [6, 6.07) is 2.37. The molecule has 1 aromatic carbocycles. The van der Waals surface area contributed by atoms with Gasteiger partial charge < -0.3 is 20.8 Å². The molecule has 0 fully saturated rings. The van der Waals surface area contributed by atoms with Gasteiger partial charge in [0.15, 0.2) is 0 Å². The van der Waals surface area contributed by atoms with Crippen molar-refractivity contribution in [3.8, 4) is 0 Å². The van der Waals surface area contributed by atoms with Gasteiger partial charge in [0.2, 0.25) is 0 Å². The lowest BCUT2D eigenvalue weighted by Gasteiger charge is -2.22. The molecule has 2 aliphatic rings. The summed E-state index contributed by atoms with van der Waals surface area (Å²) < 4.78 is 0. The van der Waals surface area contributed by atoms with Crippen molar-refractivity contribution in [2.75, 3.05) is 25.0 Å². The molecule has 2 heterocycles. The highest BCUT2D eigenvalue weighted by molar-refractivity contribution is 6.34. The zero-order valence-electron chi connectivity index (χ0n) is 13.3. The first-order chi connectivity index (χ1) is 11.5. The molecule has 0 atom stereocenters. The number of halogens is 1. The minimum absolute atomic E-state index is 0.558. The van der Waals surface area contributed by atoms with Crippen molar-refractivity contribution in [3.05, 3.63) is 39.9 Å². The van der Waals surface area contributed by atoms with Gasteiger partial charge in [-0.1, -0.05) is 17.7 Å². The van der Waals surface area contributed by atoms with Gasteiger partial charge >= 0.3 is 11.9 Å². The number of aryl methyl sites for hydroxylation is 1. The number of fused-ring (bicyclic) bond motifs is 2. The standard InChI is InChI=1S/C13H17ClN2.C4H4O4/c14-12-11-4-7-15-6-3-9(11)8-10-2-1-5-16-13(10)12;5-3(6)1-2-4(7)8/h8,15-16H,1-7H2;1-2H,(H,5,6)(H,7,8)/b;2-1+. The van der Waals surface area contributed by atoms with Crippen molar-refractivity contribution >= 4 is 29.2 Å². The van der Waals surface area contributed by atoms with Gasteiger partial charge in [-0.15, -0.1) is 0 Å². The fourth-order valence-electron chi connectivity index (χ4n) is 2.88. The van der Waals surface area contributed by atoms with E-state index in [1.54, 1.807) is 0 Å². The van der Waals surface area contributed by atoms with Crippen molar-refractivity contribution < 1.29 is 19.8 Å². The van der Waals surface area contributed by atoms with E-state index in [0.717, 1.165) is 37.5 Å². The Morgan fingerprint density at radius 3 is 2.33 bits per heavy atom. The Morgan fingerprint density at radius 1 is 1.00 bits per heavy atom. The van der Waals surface area contributed by atoms with Crippen LogP contribution in [0.2, 0.25) is 5.02 Å². The van der Waals surface area contributed by atoms with Gasteiger partial charge in [0.05, 0.1) is 10.7 Å². The summed E-state index contributed by atoms with van der Waals surface area (Å²) in [6.07, 6.45) is 5.68. The summed E-state index contributed by atoms with van der Waals surface area (Å²) in [7, 11) is 0. The predicted octanol–water partition coefficient (Wildman–Crippen LogP) is 2.10. The van der Waals surface area contributed by atoms with Gasteiger partial charge in [0.25, 0.3) is 0 Å². The number of carbonyl (C=O) groups is 2. The number of carboxylic acids is 2. The fraction of sp³-hybridized carbons (Fsp3) is 0.412. The molecule has 6 nitrogen and oxygen atoms in total. The fourth-order valence-corrected chi connectivity index (χ4v) is 3.28. The van der Waals surface area contributed by atoms with E-state index in [-0.39, 0.29) is 0 Å². The molecule has 1 aromatic rings. The van der Waals surface area contributed by atoms with Crippen molar-refractivity contribution in [3.63, 3.8) is 0 Å². The molecular formula is C17H21ClN2O4. The van der Waals surface area contributed by atoms with E-state index in [0.29, 0.717) is 12.2 Å². The molecule has 0 saturated carbocycles. The van der Waals surface area contributed by atoms with E-state index in [1.807, 2.05) is 0 Å². The van der Waals surface area contributed by atoms with Crippen LogP contribution in [-0.2, 0) is 28.9 Å². The monoisotopic (exact) mass is 352 g/mol. The average Bonchev–Trinajstić information content (AvgIpc) is 2.79. The van der Waals surface area contributed by atoms with E-state index in [1.165, 1.54) is 35.2 Å². The van der Waals surface area contributed by atoms with Crippen LogP contribution in [0.3, 0.4) is 0 Å². The Kier molecular flexibility index (Phi) is 6.63. The lowest BCUT2D eigenvalue weighted by molar-refractivity contribution is -0.134. The first-order valence-corrected chi connectivity index (χ1v) is 8.28. The van der Waals surface area contributed by atoms with Crippen LogP contribution >= 0.6 is 11.6 Å². The highest BCUT2D eigenvalue weighted by atomic mass is 35.5. The maximum atomic E-state index is 9.55. The number of nitrogens with one attached hydrogen (secondary N) is 2. The largest absolute Gasteiger partial charge is 0.478 e. The lowest BCUT2D eigenvalue weighted by atomic mass is 9.94. The second kappa shape index (κ2) is 8.70. The predicted molar refractivity (Wildman–Crippen MR) is 93.0 cm³/mol. The summed E-state index contributed by atoms with van der Waals surface area (Å²) in [6.45, 7) is 3.19. The van der Waals surface area contributed by atoms with Crippen LogP contribution in [0.4, 0.5) is 5.69 Å². The highest BCUT2D eigenvalue weighted by Gasteiger charge is 2.19. The Balaban J connectivity index is 0.000000224. The molecule has 0 unspecified atom stereocenters. The number of rotatable bonds is 2. The van der Waals surface area contributed by atoms with E-state index >= 15 is 0 Å². The first-order valence-electron chi connectivity index (χ1n) is 7.90. The minimum Gasteiger partial charge on any atom is -0.478 e. The molecule has 0 aromatic heterocycles. The minimum atomic E-state index is -1.26. The Morgan fingerprint density at radius 2 is 1.67 bits per heavy atom. The third kappa shape index (κ3) is 4.97. The summed E-state index contributed by atoms with van der Waals surface area (Å²) in [5, 5.41) is 23.5. The molecule has 24 heavy (non-hydrogen) atoms. The number of hydrogen-bond acceptors (Lipinski definition) is 4. The van der Waals surface area contributed by atoms with Gasteiger partial charge in [-0.05, 0) is 55.5 Å². The number of anilines is 1. The summed E-state index contributed by atoms with van der Waals surface area (Å²) in [5.74, 6) is -2.51. The third-order valence-corrected chi connectivity index (χ3v) is 4.37. The van der Waals surface area contributed by atoms with Crippen molar-refractivity contribution in [1.29, 1.82) is 0 Å². The average molecular weight is 353 g/mol. The second-order valence-electron chi connectivity index (χ2n) is 5.65. The third-order valence-electron chi connectivity index (χ3n) is 3.96. The molecule has 0 aliphatic carbocycles. The smallest absolute Gasteiger partial charge is 0.328 e. The number of hydrogen-bond donors (Lipinski definition) is 4. The lowest BCUT2D eigenvalue weighted by Crippen LogP contribution is -2.16. The molecule has 0 amide bonds. The Labute approximate surface area is 145 Å². The number of benzene rings is 1. The summed E-state index contributed by atoms with van der Waals surface area (Å²) in [5.41, 5.74) is 5.43. The first kappa shape index (κ1) is 18.3. The molecule has 2 aliphatic heterocycles. The van der Waals surface area contributed by atoms with E-state index < -0.39 is 11.9 Å². The van der Waals surface area contributed by atoms with Gasteiger partial charge in [-0.2, -0.15) is 0 Å². The maximum absolute atomic E-state index is 9.55. The van der Waals surface area contributed by atoms with Crippen molar-refractivity contribution in [2.45, 2.75) is 25.7 Å². The maximum Gasteiger partial charge on any atom is 0.328 e.